The summed E-state index contributed by atoms with van der Waals surface area (Å²) >= 11 is 11.5. The SMILES string of the molecule is CN(C)c1ccc(C=NNC(=O)c2cc(Cl)nc(Cl)c2)cc1. The molecular weight excluding hydrogens is 323 g/mol. The van der Waals surface area contributed by atoms with Gasteiger partial charge in [0.2, 0.25) is 0 Å². The third-order valence-corrected chi connectivity index (χ3v) is 3.20. The molecule has 1 aromatic heterocycles. The van der Waals surface area contributed by atoms with E-state index in [0.29, 0.717) is 5.56 Å². The molecule has 5 nitrogen and oxygen atoms in total. The molecule has 2 rings (SSSR count). The predicted octanol–water partition coefficient (Wildman–Crippen LogP) is 3.22. The number of amides is 1. The van der Waals surface area contributed by atoms with E-state index in [4.69, 9.17) is 23.2 Å². The van der Waals surface area contributed by atoms with Crippen LogP contribution >= 0.6 is 23.2 Å². The molecule has 0 saturated heterocycles. The molecule has 1 amide bonds. The quantitative estimate of drug-likeness (QED) is 0.529. The molecule has 7 heteroatoms. The van der Waals surface area contributed by atoms with Crippen molar-refractivity contribution in [2.75, 3.05) is 19.0 Å². The Morgan fingerprint density at radius 1 is 1.18 bits per heavy atom. The zero-order valence-corrected chi connectivity index (χ0v) is 13.6. The highest BCUT2D eigenvalue weighted by Gasteiger charge is 2.07. The molecule has 22 heavy (non-hydrogen) atoms. The van der Waals surface area contributed by atoms with E-state index in [9.17, 15) is 4.79 Å². The normalized spacial score (nSPS) is 10.7. The Morgan fingerprint density at radius 3 is 2.32 bits per heavy atom. The number of hydrogen-bond donors (Lipinski definition) is 1. The molecule has 114 valence electrons. The molecule has 0 spiro atoms. The number of pyridine rings is 1. The molecule has 0 unspecified atom stereocenters. The molecule has 0 bridgehead atoms. The number of nitrogens with zero attached hydrogens (tertiary/aromatic N) is 3. The minimum absolute atomic E-state index is 0.154. The van der Waals surface area contributed by atoms with E-state index in [-0.39, 0.29) is 10.3 Å². The number of carbonyl (C=O) groups excluding carboxylic acids is 1. The zero-order valence-electron chi connectivity index (χ0n) is 12.0. The highest BCUT2D eigenvalue weighted by atomic mass is 35.5. The van der Waals surface area contributed by atoms with Crippen molar-refractivity contribution in [3.05, 3.63) is 57.8 Å². The van der Waals surface area contributed by atoms with E-state index in [1.54, 1.807) is 6.21 Å². The maximum absolute atomic E-state index is 11.9. The average molecular weight is 337 g/mol. The van der Waals surface area contributed by atoms with Gasteiger partial charge in [0.05, 0.1) is 6.21 Å². The summed E-state index contributed by atoms with van der Waals surface area (Å²) in [5.41, 5.74) is 4.67. The predicted molar refractivity (Wildman–Crippen MR) is 90.1 cm³/mol. The van der Waals surface area contributed by atoms with Gasteiger partial charge < -0.3 is 4.90 Å². The number of hydrazone groups is 1. The van der Waals surface area contributed by atoms with Crippen LogP contribution in [-0.2, 0) is 0 Å². The van der Waals surface area contributed by atoms with Crippen molar-refractivity contribution in [2.45, 2.75) is 0 Å². The highest BCUT2D eigenvalue weighted by molar-refractivity contribution is 6.33. The lowest BCUT2D eigenvalue weighted by molar-refractivity contribution is 0.0955. The largest absolute Gasteiger partial charge is 0.378 e. The van der Waals surface area contributed by atoms with Crippen molar-refractivity contribution in [1.29, 1.82) is 0 Å². The summed E-state index contributed by atoms with van der Waals surface area (Å²) in [4.78, 5) is 17.7. The third kappa shape index (κ3) is 4.44. The van der Waals surface area contributed by atoms with E-state index in [1.807, 2.05) is 43.3 Å². The Bertz CT molecular complexity index is 679. The first-order valence-electron chi connectivity index (χ1n) is 6.39. The van der Waals surface area contributed by atoms with Gasteiger partial charge in [0.1, 0.15) is 10.3 Å². The summed E-state index contributed by atoms with van der Waals surface area (Å²) in [5.74, 6) is -0.410. The van der Waals surface area contributed by atoms with Gasteiger partial charge >= 0.3 is 0 Å². The Morgan fingerprint density at radius 2 is 1.77 bits per heavy atom. The molecule has 0 aliphatic heterocycles. The monoisotopic (exact) mass is 336 g/mol. The van der Waals surface area contributed by atoms with Crippen molar-refractivity contribution in [2.24, 2.45) is 5.10 Å². The fraction of sp³-hybridized carbons (Fsp3) is 0.133. The van der Waals surface area contributed by atoms with Crippen LogP contribution in [0.15, 0.2) is 41.5 Å². The maximum Gasteiger partial charge on any atom is 0.271 e. The first-order valence-corrected chi connectivity index (χ1v) is 7.15. The number of carbonyl (C=O) groups is 1. The summed E-state index contributed by atoms with van der Waals surface area (Å²) in [6.07, 6.45) is 1.56. The lowest BCUT2D eigenvalue weighted by atomic mass is 10.2. The van der Waals surface area contributed by atoms with Crippen LogP contribution < -0.4 is 10.3 Å². The number of benzene rings is 1. The first-order chi connectivity index (χ1) is 10.5. The molecule has 0 aliphatic carbocycles. The lowest BCUT2D eigenvalue weighted by Crippen LogP contribution is -2.17. The van der Waals surface area contributed by atoms with Crippen LogP contribution in [0.2, 0.25) is 10.3 Å². The molecule has 0 aliphatic rings. The fourth-order valence-electron chi connectivity index (χ4n) is 1.68. The van der Waals surface area contributed by atoms with E-state index >= 15 is 0 Å². The van der Waals surface area contributed by atoms with E-state index in [1.165, 1.54) is 12.1 Å². The lowest BCUT2D eigenvalue weighted by Gasteiger charge is -2.11. The van der Waals surface area contributed by atoms with Gasteiger partial charge in [-0.2, -0.15) is 5.10 Å². The van der Waals surface area contributed by atoms with Crippen LogP contribution in [-0.4, -0.2) is 31.2 Å². The second-order valence-electron chi connectivity index (χ2n) is 4.69. The van der Waals surface area contributed by atoms with Gasteiger partial charge in [-0.05, 0) is 29.8 Å². The molecule has 1 heterocycles. The van der Waals surface area contributed by atoms with Crippen LogP contribution in [0.3, 0.4) is 0 Å². The Kier molecular flexibility index (Phi) is 5.35. The molecule has 1 aromatic carbocycles. The number of halogens is 2. The van der Waals surface area contributed by atoms with Gasteiger partial charge in [-0.1, -0.05) is 35.3 Å². The summed E-state index contributed by atoms with van der Waals surface area (Å²) in [6.45, 7) is 0. The van der Waals surface area contributed by atoms with E-state index < -0.39 is 5.91 Å². The van der Waals surface area contributed by atoms with Crippen LogP contribution in [0, 0.1) is 0 Å². The van der Waals surface area contributed by atoms with E-state index in [2.05, 4.69) is 15.5 Å². The second-order valence-corrected chi connectivity index (χ2v) is 5.46. The fourth-order valence-corrected chi connectivity index (χ4v) is 2.14. The summed E-state index contributed by atoms with van der Waals surface area (Å²) in [7, 11) is 3.93. The maximum atomic E-state index is 11.9. The van der Waals surface area contributed by atoms with Crippen LogP contribution in [0.4, 0.5) is 5.69 Å². The van der Waals surface area contributed by atoms with E-state index in [0.717, 1.165) is 11.3 Å². The third-order valence-electron chi connectivity index (χ3n) is 2.81. The molecule has 0 radical (unpaired) electrons. The number of anilines is 1. The summed E-state index contributed by atoms with van der Waals surface area (Å²) in [6, 6.07) is 10.6. The van der Waals surface area contributed by atoms with Crippen molar-refractivity contribution < 1.29 is 4.79 Å². The molecule has 0 fully saturated rings. The number of rotatable bonds is 4. The molecule has 0 atom stereocenters. The molecule has 0 saturated carbocycles. The Labute approximate surface area is 138 Å². The molecular formula is C15H14Cl2N4O. The topological polar surface area (TPSA) is 57.6 Å². The summed E-state index contributed by atoms with van der Waals surface area (Å²) < 4.78 is 0. The van der Waals surface area contributed by atoms with Crippen molar-refractivity contribution in [3.8, 4) is 0 Å². The minimum atomic E-state index is -0.410. The van der Waals surface area contributed by atoms with Gasteiger partial charge in [-0.25, -0.2) is 10.4 Å². The summed E-state index contributed by atoms with van der Waals surface area (Å²) in [5, 5.41) is 4.21. The number of hydrogen-bond acceptors (Lipinski definition) is 4. The number of nitrogens with one attached hydrogen (secondary N) is 1. The first kappa shape index (κ1) is 16.3. The van der Waals surface area contributed by atoms with Crippen LogP contribution in [0.25, 0.3) is 0 Å². The zero-order chi connectivity index (χ0) is 16.1. The van der Waals surface area contributed by atoms with Crippen molar-refractivity contribution in [1.82, 2.24) is 10.4 Å². The highest BCUT2D eigenvalue weighted by Crippen LogP contribution is 2.14. The van der Waals surface area contributed by atoms with Gasteiger partial charge in [0, 0.05) is 25.3 Å². The standard InChI is InChI=1S/C15H14Cl2N4O/c1-21(2)12-5-3-10(4-6-12)9-18-20-15(22)11-7-13(16)19-14(17)8-11/h3-9H,1-2H3,(H,20,22). The van der Waals surface area contributed by atoms with Crippen LogP contribution in [0.5, 0.6) is 0 Å². The van der Waals surface area contributed by atoms with Crippen molar-refractivity contribution in [3.63, 3.8) is 0 Å². The van der Waals surface area contributed by atoms with Crippen molar-refractivity contribution >= 4 is 41.0 Å². The number of aromatic nitrogens is 1. The van der Waals surface area contributed by atoms with Gasteiger partial charge in [0.15, 0.2) is 0 Å². The van der Waals surface area contributed by atoms with Gasteiger partial charge in [0.25, 0.3) is 5.91 Å². The Balaban J connectivity index is 2.00. The van der Waals surface area contributed by atoms with Gasteiger partial charge in [-0.3, -0.25) is 4.79 Å². The Hall–Kier alpha value is -2.11. The minimum Gasteiger partial charge on any atom is -0.378 e. The second kappa shape index (κ2) is 7.24. The van der Waals surface area contributed by atoms with Crippen LogP contribution in [0.1, 0.15) is 15.9 Å². The molecule has 1 N–H and O–H groups in total. The average Bonchev–Trinajstić information content (AvgIpc) is 2.46. The smallest absolute Gasteiger partial charge is 0.271 e. The molecule has 2 aromatic rings. The van der Waals surface area contributed by atoms with Gasteiger partial charge in [-0.15, -0.1) is 0 Å².